The van der Waals surface area contributed by atoms with Crippen LogP contribution in [0.3, 0.4) is 0 Å². The van der Waals surface area contributed by atoms with Gasteiger partial charge in [0.25, 0.3) is 0 Å². The Labute approximate surface area is 179 Å². The Morgan fingerprint density at radius 3 is 1.84 bits per heavy atom. The molecule has 0 saturated carbocycles. The quantitative estimate of drug-likeness (QED) is 0.269. The monoisotopic (exact) mass is 454 g/mol. The summed E-state index contributed by atoms with van der Waals surface area (Å²) in [4.78, 5) is 0. The molecule has 3 rings (SSSR count). The summed E-state index contributed by atoms with van der Waals surface area (Å²) in [5.41, 5.74) is -0.0135. The zero-order valence-electron chi connectivity index (χ0n) is 16.7. The first kappa shape index (κ1) is 23.4. The van der Waals surface area contributed by atoms with Crippen LogP contribution in [0.5, 0.6) is 5.75 Å². The fourth-order valence-corrected chi connectivity index (χ4v) is 3.14. The molecule has 0 fully saturated rings. The van der Waals surface area contributed by atoms with Crippen molar-refractivity contribution in [2.75, 3.05) is 0 Å². The normalized spacial score (nSPS) is 12.5. The fourth-order valence-electron chi connectivity index (χ4n) is 3.14. The van der Waals surface area contributed by atoms with Crippen LogP contribution in [0, 0.1) is 11.6 Å². The van der Waals surface area contributed by atoms with Crippen molar-refractivity contribution >= 4 is 11.7 Å². The third kappa shape index (κ3) is 5.49. The molecule has 0 N–H and O–H groups in total. The van der Waals surface area contributed by atoms with Crippen LogP contribution in [0.15, 0.2) is 60.7 Å². The highest BCUT2D eigenvalue weighted by atomic mass is 19.4. The molecule has 8 heteroatoms. The van der Waals surface area contributed by atoms with Gasteiger partial charge in [-0.05, 0) is 59.5 Å². The number of hydrogen-bond donors (Lipinski definition) is 0. The highest BCUT2D eigenvalue weighted by Gasteiger charge is 2.31. The maximum atomic E-state index is 14.6. The largest absolute Gasteiger partial charge is 0.573 e. The summed E-state index contributed by atoms with van der Waals surface area (Å²) >= 11 is 0. The van der Waals surface area contributed by atoms with Gasteiger partial charge < -0.3 is 4.74 Å². The van der Waals surface area contributed by atoms with Gasteiger partial charge in [-0.2, -0.15) is 0 Å². The Bertz CT molecular complexity index is 1090. The number of hydrogen-bond acceptors (Lipinski definition) is 1. The van der Waals surface area contributed by atoms with Crippen LogP contribution in [0.4, 0.5) is 30.7 Å². The van der Waals surface area contributed by atoms with Gasteiger partial charge in [0, 0.05) is 5.56 Å². The zero-order valence-corrected chi connectivity index (χ0v) is 16.7. The van der Waals surface area contributed by atoms with E-state index >= 15 is 0 Å². The van der Waals surface area contributed by atoms with E-state index < -0.39 is 46.5 Å². The average molecular weight is 454 g/mol. The molecule has 0 unspecified atom stereocenters. The Morgan fingerprint density at radius 2 is 1.34 bits per heavy atom. The number of ether oxygens (including phenoxy) is 1. The van der Waals surface area contributed by atoms with E-state index in [1.54, 1.807) is 12.1 Å². The van der Waals surface area contributed by atoms with E-state index in [9.17, 15) is 30.7 Å². The minimum Gasteiger partial charge on any atom is -0.406 e. The predicted octanol–water partition coefficient (Wildman–Crippen LogP) is 8.25. The Balaban J connectivity index is 1.92. The second kappa shape index (κ2) is 9.46. The number of benzene rings is 3. The molecule has 3 aromatic carbocycles. The summed E-state index contributed by atoms with van der Waals surface area (Å²) < 4.78 is 98.4. The Kier molecular flexibility index (Phi) is 6.91. The van der Waals surface area contributed by atoms with Crippen LogP contribution in [-0.4, -0.2) is 6.36 Å². The van der Waals surface area contributed by atoms with E-state index in [1.807, 2.05) is 19.1 Å². The lowest BCUT2D eigenvalue weighted by atomic mass is 9.99. The predicted molar refractivity (Wildman–Crippen MR) is 108 cm³/mol. The summed E-state index contributed by atoms with van der Waals surface area (Å²) in [5.74, 6) is -6.72. The van der Waals surface area contributed by atoms with Crippen LogP contribution >= 0.6 is 0 Å². The molecule has 168 valence electrons. The first-order chi connectivity index (χ1) is 15.1. The molecule has 0 bridgehead atoms. The number of aryl methyl sites for hydroxylation is 1. The van der Waals surface area contributed by atoms with Gasteiger partial charge in [0.2, 0.25) is 0 Å². The first-order valence-electron chi connectivity index (χ1n) is 9.59. The maximum absolute atomic E-state index is 14.6. The van der Waals surface area contributed by atoms with Gasteiger partial charge in [-0.3, -0.25) is 0 Å². The van der Waals surface area contributed by atoms with E-state index in [0.29, 0.717) is 5.56 Å². The van der Waals surface area contributed by atoms with Crippen LogP contribution in [-0.2, 0) is 6.42 Å². The van der Waals surface area contributed by atoms with Crippen LogP contribution in [0.25, 0.3) is 22.8 Å². The van der Waals surface area contributed by atoms with Gasteiger partial charge in [-0.25, -0.2) is 17.6 Å². The number of rotatable bonds is 6. The van der Waals surface area contributed by atoms with Crippen molar-refractivity contribution in [2.45, 2.75) is 26.1 Å². The van der Waals surface area contributed by atoms with Gasteiger partial charge in [-0.1, -0.05) is 37.6 Å². The molecule has 3 aromatic rings. The third-order valence-corrected chi connectivity index (χ3v) is 4.62. The van der Waals surface area contributed by atoms with Crippen molar-refractivity contribution in [1.29, 1.82) is 0 Å². The Morgan fingerprint density at radius 1 is 0.781 bits per heavy atom. The average Bonchev–Trinajstić information content (AvgIpc) is 2.73. The summed E-state index contributed by atoms with van der Waals surface area (Å²) in [7, 11) is 0. The molecule has 0 aliphatic carbocycles. The minimum absolute atomic E-state index is 0.147. The highest BCUT2D eigenvalue weighted by Crippen LogP contribution is 2.35. The van der Waals surface area contributed by atoms with Crippen molar-refractivity contribution < 1.29 is 35.5 Å². The van der Waals surface area contributed by atoms with Gasteiger partial charge in [-0.15, -0.1) is 13.2 Å². The van der Waals surface area contributed by atoms with E-state index in [4.69, 9.17) is 0 Å². The number of alkyl halides is 3. The van der Waals surface area contributed by atoms with Crippen LogP contribution in [0.1, 0.15) is 30.0 Å². The summed E-state index contributed by atoms with van der Waals surface area (Å²) in [5, 5.41) is 0. The first-order valence-corrected chi connectivity index (χ1v) is 9.59. The van der Waals surface area contributed by atoms with E-state index in [-0.39, 0.29) is 5.56 Å². The molecule has 1 nitrogen and oxygen atoms in total. The van der Waals surface area contributed by atoms with E-state index in [2.05, 4.69) is 4.74 Å². The molecule has 0 aromatic heterocycles. The van der Waals surface area contributed by atoms with E-state index in [1.165, 1.54) is 0 Å². The lowest BCUT2D eigenvalue weighted by Crippen LogP contribution is -2.16. The third-order valence-electron chi connectivity index (χ3n) is 4.62. The van der Waals surface area contributed by atoms with Crippen molar-refractivity contribution in [1.82, 2.24) is 0 Å². The second-order valence-electron chi connectivity index (χ2n) is 6.96. The summed E-state index contributed by atoms with van der Waals surface area (Å²) in [6.07, 6.45) is -3.17. The Hall–Kier alpha value is -3.29. The van der Waals surface area contributed by atoms with Gasteiger partial charge in [0.1, 0.15) is 17.4 Å². The molecule has 0 saturated heterocycles. The van der Waals surface area contributed by atoms with Crippen molar-refractivity contribution in [3.63, 3.8) is 0 Å². The van der Waals surface area contributed by atoms with Crippen LogP contribution in [0.2, 0.25) is 0 Å². The molecule has 0 atom stereocenters. The SMILES string of the molecule is CCCc1ccc(-c2cc(F)c(C(F)=C(F)c3ccc(OC(F)(F)F)cc3)c(F)c2)cc1. The summed E-state index contributed by atoms with van der Waals surface area (Å²) in [6.45, 7) is 2.02. The minimum atomic E-state index is -4.95. The van der Waals surface area contributed by atoms with Crippen molar-refractivity contribution in [3.8, 4) is 16.9 Å². The molecular formula is C24H17F7O. The molecule has 0 amide bonds. The molecule has 0 heterocycles. The van der Waals surface area contributed by atoms with Crippen molar-refractivity contribution in [2.24, 2.45) is 0 Å². The molecule has 0 spiro atoms. The smallest absolute Gasteiger partial charge is 0.406 e. The summed E-state index contributed by atoms with van der Waals surface area (Å²) in [6, 6.07) is 11.9. The molecular weight excluding hydrogens is 437 g/mol. The van der Waals surface area contributed by atoms with E-state index in [0.717, 1.165) is 54.8 Å². The standard InChI is InChI=1S/C24H17F7O/c1-2-3-14-4-6-15(7-5-14)17-12-19(25)21(20(26)13-17)23(28)22(27)16-8-10-18(11-9-16)32-24(29,30)31/h4-13H,2-3H2,1H3. The van der Waals surface area contributed by atoms with Gasteiger partial charge in [0.15, 0.2) is 11.7 Å². The van der Waals surface area contributed by atoms with Crippen LogP contribution < -0.4 is 4.74 Å². The van der Waals surface area contributed by atoms with Gasteiger partial charge in [0.05, 0.1) is 5.56 Å². The lowest BCUT2D eigenvalue weighted by Gasteiger charge is -2.10. The molecule has 0 aliphatic heterocycles. The maximum Gasteiger partial charge on any atom is 0.573 e. The zero-order chi connectivity index (χ0) is 23.5. The number of halogens is 7. The van der Waals surface area contributed by atoms with Crippen molar-refractivity contribution in [3.05, 3.63) is 89.0 Å². The topological polar surface area (TPSA) is 9.23 Å². The molecule has 32 heavy (non-hydrogen) atoms. The molecule has 0 aliphatic rings. The highest BCUT2D eigenvalue weighted by molar-refractivity contribution is 5.84. The fraction of sp³-hybridized carbons (Fsp3) is 0.167. The lowest BCUT2D eigenvalue weighted by molar-refractivity contribution is -0.274. The molecule has 0 radical (unpaired) electrons. The van der Waals surface area contributed by atoms with Gasteiger partial charge >= 0.3 is 6.36 Å². The second-order valence-corrected chi connectivity index (χ2v) is 6.96.